The number of hydrogen-bond donors (Lipinski definition) is 0. The van der Waals surface area contributed by atoms with Gasteiger partial charge < -0.3 is 4.57 Å². The first-order valence-electron chi connectivity index (χ1n) is 6.65. The van der Waals surface area contributed by atoms with Crippen molar-refractivity contribution < 1.29 is 13.3 Å². The van der Waals surface area contributed by atoms with Gasteiger partial charge >= 0.3 is 0 Å². The van der Waals surface area contributed by atoms with Crippen LogP contribution >= 0.6 is 22.7 Å². The molecular weight excluding hydrogens is 370 g/mol. The molecule has 0 atom stereocenters. The second-order valence-electron chi connectivity index (χ2n) is 4.69. The molecule has 1 aromatic carbocycles. The Bertz CT molecular complexity index is 1090. The number of thiazole rings is 1. The number of nitrogens with zero attached hydrogens (tertiary/aromatic N) is 3. The van der Waals surface area contributed by atoms with Gasteiger partial charge in [0.15, 0.2) is 0 Å². The lowest BCUT2D eigenvalue weighted by Crippen LogP contribution is -2.16. The van der Waals surface area contributed by atoms with Crippen molar-refractivity contribution in [2.24, 2.45) is 4.40 Å². The van der Waals surface area contributed by atoms with E-state index in [1.54, 1.807) is 28.2 Å². The molecule has 7 nitrogen and oxygen atoms in total. The van der Waals surface area contributed by atoms with Crippen molar-refractivity contribution in [3.63, 3.8) is 0 Å². The van der Waals surface area contributed by atoms with E-state index in [0.29, 0.717) is 16.8 Å². The molecule has 3 aromatic rings. The predicted molar refractivity (Wildman–Crippen MR) is 93.7 cm³/mol. The summed E-state index contributed by atoms with van der Waals surface area (Å²) in [6, 6.07) is 7.51. The highest BCUT2D eigenvalue weighted by molar-refractivity contribution is 7.92. The average molecular weight is 381 g/mol. The minimum absolute atomic E-state index is 0.0535. The average Bonchev–Trinajstić information content (AvgIpc) is 3.16. The van der Waals surface area contributed by atoms with Gasteiger partial charge in [-0.05, 0) is 17.5 Å². The van der Waals surface area contributed by atoms with Crippen LogP contribution in [0.2, 0.25) is 0 Å². The molecule has 0 saturated heterocycles. The number of non-ortho nitro benzene ring substituents is 1. The van der Waals surface area contributed by atoms with E-state index in [4.69, 9.17) is 0 Å². The van der Waals surface area contributed by atoms with Crippen LogP contribution in [0.4, 0.5) is 5.69 Å². The molecule has 0 saturated carbocycles. The van der Waals surface area contributed by atoms with Crippen LogP contribution in [-0.2, 0) is 16.6 Å². The van der Waals surface area contributed by atoms with Gasteiger partial charge in [-0.1, -0.05) is 23.5 Å². The number of thiophene rings is 1. The monoisotopic (exact) mass is 381 g/mol. The zero-order chi connectivity index (χ0) is 17.3. The van der Waals surface area contributed by atoms with E-state index in [-0.39, 0.29) is 14.7 Å². The maximum Gasteiger partial charge on any atom is 0.294 e. The van der Waals surface area contributed by atoms with E-state index in [9.17, 15) is 18.5 Å². The molecule has 0 radical (unpaired) electrons. The highest BCUT2D eigenvalue weighted by Crippen LogP contribution is 2.24. The smallest absolute Gasteiger partial charge is 0.294 e. The number of sulfonamides is 1. The molecular formula is C14H11N3O4S3. The van der Waals surface area contributed by atoms with Crippen LogP contribution in [0, 0.1) is 10.1 Å². The first-order valence-corrected chi connectivity index (χ1v) is 9.79. The molecule has 0 bridgehead atoms. The van der Waals surface area contributed by atoms with E-state index < -0.39 is 14.9 Å². The molecule has 2 heterocycles. The Hall–Kier alpha value is -2.30. The largest absolute Gasteiger partial charge is 0.312 e. The molecule has 0 amide bonds. The summed E-state index contributed by atoms with van der Waals surface area (Å²) in [5.74, 6) is 0. The molecule has 0 fully saturated rings. The number of allylic oxidation sites excluding steroid dienone is 1. The number of nitro groups is 1. The van der Waals surface area contributed by atoms with Gasteiger partial charge in [-0.15, -0.1) is 22.3 Å². The molecule has 0 N–H and O–H groups in total. The number of benzene rings is 1. The van der Waals surface area contributed by atoms with Crippen molar-refractivity contribution in [3.05, 3.63) is 63.3 Å². The highest BCUT2D eigenvalue weighted by atomic mass is 32.2. The lowest BCUT2D eigenvalue weighted by molar-refractivity contribution is -0.384. The molecule has 2 aromatic heterocycles. The topological polar surface area (TPSA) is 94.6 Å². The molecule has 0 unspecified atom stereocenters. The van der Waals surface area contributed by atoms with E-state index in [0.717, 1.165) is 22.7 Å². The third-order valence-corrected chi connectivity index (χ3v) is 6.93. The Kier molecular flexibility index (Phi) is 4.35. The Labute approximate surface area is 145 Å². The van der Waals surface area contributed by atoms with Crippen molar-refractivity contribution in [3.8, 4) is 0 Å². The second-order valence-corrected chi connectivity index (χ2v) is 8.48. The van der Waals surface area contributed by atoms with Crippen LogP contribution in [0.5, 0.6) is 0 Å². The van der Waals surface area contributed by atoms with E-state index in [1.165, 1.54) is 18.2 Å². The van der Waals surface area contributed by atoms with E-state index in [1.807, 2.05) is 0 Å². The number of rotatable bonds is 5. The molecule has 124 valence electrons. The van der Waals surface area contributed by atoms with Gasteiger partial charge in [-0.3, -0.25) is 10.1 Å². The van der Waals surface area contributed by atoms with Crippen molar-refractivity contribution in [1.82, 2.24) is 4.57 Å². The maximum absolute atomic E-state index is 12.4. The van der Waals surface area contributed by atoms with Crippen molar-refractivity contribution in [2.75, 3.05) is 0 Å². The summed E-state index contributed by atoms with van der Waals surface area (Å²) in [6.07, 6.45) is 1.62. The lowest BCUT2D eigenvalue weighted by atomic mass is 10.3. The molecule has 10 heteroatoms. The lowest BCUT2D eigenvalue weighted by Gasteiger charge is -2.00. The summed E-state index contributed by atoms with van der Waals surface area (Å²) in [6.45, 7) is 4.01. The van der Waals surface area contributed by atoms with Gasteiger partial charge in [-0.2, -0.15) is 8.42 Å². The Balaban J connectivity index is 2.27. The predicted octanol–water partition coefficient (Wildman–Crippen LogP) is 3.15. The van der Waals surface area contributed by atoms with Crippen LogP contribution in [0.1, 0.15) is 0 Å². The zero-order valence-corrected chi connectivity index (χ0v) is 14.6. The summed E-state index contributed by atoms with van der Waals surface area (Å²) >= 11 is 2.17. The molecule has 3 rings (SSSR count). The SMILES string of the molecule is C=CCn1c(=NS(=O)(=O)c2cccs2)sc2cc([N+](=O)[O-])ccc21. The Morgan fingerprint density at radius 3 is 2.79 bits per heavy atom. The van der Waals surface area contributed by atoms with Gasteiger partial charge in [0.2, 0.25) is 4.80 Å². The van der Waals surface area contributed by atoms with Gasteiger partial charge in [0.1, 0.15) is 4.21 Å². The first kappa shape index (κ1) is 16.6. The maximum atomic E-state index is 12.4. The van der Waals surface area contributed by atoms with Gasteiger partial charge in [0.05, 0.1) is 15.1 Å². The minimum Gasteiger partial charge on any atom is -0.312 e. The van der Waals surface area contributed by atoms with Crippen molar-refractivity contribution in [2.45, 2.75) is 10.8 Å². The van der Waals surface area contributed by atoms with Crippen LogP contribution in [-0.4, -0.2) is 17.9 Å². The summed E-state index contributed by atoms with van der Waals surface area (Å²) in [5.41, 5.74) is 0.618. The minimum atomic E-state index is -3.82. The zero-order valence-electron chi connectivity index (χ0n) is 12.2. The van der Waals surface area contributed by atoms with Crippen LogP contribution < -0.4 is 4.80 Å². The molecule has 24 heavy (non-hydrogen) atoms. The summed E-state index contributed by atoms with van der Waals surface area (Å²) < 4.78 is 31.1. The van der Waals surface area contributed by atoms with E-state index >= 15 is 0 Å². The van der Waals surface area contributed by atoms with Crippen LogP contribution in [0.25, 0.3) is 10.2 Å². The van der Waals surface area contributed by atoms with Gasteiger partial charge in [-0.25, -0.2) is 0 Å². The van der Waals surface area contributed by atoms with Crippen LogP contribution in [0.3, 0.4) is 0 Å². The fourth-order valence-corrected chi connectivity index (χ4v) is 5.35. The van der Waals surface area contributed by atoms with E-state index in [2.05, 4.69) is 11.0 Å². The second kappa shape index (κ2) is 6.30. The number of aromatic nitrogens is 1. The standard InChI is InChI=1S/C14H11N3O4S3/c1-2-7-16-11-6-5-10(17(18)19)9-12(11)23-14(16)15-24(20,21)13-4-3-8-22-13/h2-6,8-9H,1,7H2. The van der Waals surface area contributed by atoms with Gasteiger partial charge in [0, 0.05) is 18.7 Å². The highest BCUT2D eigenvalue weighted by Gasteiger charge is 2.16. The molecule has 0 aliphatic heterocycles. The summed E-state index contributed by atoms with van der Waals surface area (Å²) in [4.78, 5) is 10.7. The van der Waals surface area contributed by atoms with Crippen molar-refractivity contribution in [1.29, 1.82) is 0 Å². The Morgan fingerprint density at radius 1 is 1.38 bits per heavy atom. The Morgan fingerprint density at radius 2 is 2.17 bits per heavy atom. The fraction of sp³-hybridized carbons (Fsp3) is 0.0714. The number of fused-ring (bicyclic) bond motifs is 1. The first-order chi connectivity index (χ1) is 11.4. The van der Waals surface area contributed by atoms with Gasteiger partial charge in [0.25, 0.3) is 15.7 Å². The fourth-order valence-electron chi connectivity index (χ4n) is 2.11. The molecule has 0 spiro atoms. The summed E-state index contributed by atoms with van der Waals surface area (Å²) in [5, 5.41) is 12.6. The molecule has 0 aliphatic rings. The van der Waals surface area contributed by atoms with Crippen LogP contribution in [0.15, 0.2) is 57.0 Å². The van der Waals surface area contributed by atoms with Crippen molar-refractivity contribution >= 4 is 48.6 Å². The normalized spacial score (nSPS) is 12.6. The number of hydrogen-bond acceptors (Lipinski definition) is 6. The summed E-state index contributed by atoms with van der Waals surface area (Å²) in [7, 11) is -3.82. The quantitative estimate of drug-likeness (QED) is 0.385. The molecule has 0 aliphatic carbocycles. The third kappa shape index (κ3) is 3.03. The third-order valence-electron chi connectivity index (χ3n) is 3.14. The number of nitro benzene ring substituents is 1.